The molecule has 0 aliphatic heterocycles. The molecule has 0 aromatic carbocycles. The minimum Gasteiger partial charge on any atom is -0.481 e. The van der Waals surface area contributed by atoms with Gasteiger partial charge in [0.05, 0.1) is 12.4 Å². The van der Waals surface area contributed by atoms with Gasteiger partial charge in [-0.3, -0.25) is 4.79 Å². The third kappa shape index (κ3) is 7.68. The van der Waals surface area contributed by atoms with Crippen molar-refractivity contribution in [2.24, 2.45) is 5.29 Å². The van der Waals surface area contributed by atoms with Crippen molar-refractivity contribution in [1.82, 2.24) is 5.01 Å². The van der Waals surface area contributed by atoms with E-state index in [2.05, 4.69) is 10.0 Å². The van der Waals surface area contributed by atoms with Crippen LogP contribution in [0.2, 0.25) is 0 Å². The monoisotopic (exact) mass is 236 g/mol. The van der Waals surface area contributed by atoms with Crippen molar-refractivity contribution in [2.75, 3.05) is 13.8 Å². The van der Waals surface area contributed by atoms with Gasteiger partial charge in [-0.25, -0.2) is 9.80 Å². The molecule has 16 heavy (non-hydrogen) atoms. The number of nitroso groups, excluding NO2 is 1. The van der Waals surface area contributed by atoms with E-state index in [1.165, 1.54) is 7.11 Å². The summed E-state index contributed by atoms with van der Waals surface area (Å²) in [4.78, 5) is 30.0. The lowest BCUT2D eigenvalue weighted by atomic mass is 10.2. The molecule has 0 fully saturated rings. The molecule has 0 saturated carbocycles. The van der Waals surface area contributed by atoms with E-state index in [4.69, 9.17) is 15.0 Å². The number of rotatable bonds is 5. The maximum atomic E-state index is 10.9. The van der Waals surface area contributed by atoms with Crippen molar-refractivity contribution in [3.05, 3.63) is 4.91 Å². The summed E-state index contributed by atoms with van der Waals surface area (Å²) < 4.78 is 4.40. The lowest BCUT2D eigenvalue weighted by Crippen LogP contribution is -2.38. The third-order valence-corrected chi connectivity index (χ3v) is 1.47. The van der Waals surface area contributed by atoms with Gasteiger partial charge in [-0.15, -0.1) is 4.91 Å². The minimum absolute atomic E-state index is 0.360. The van der Waals surface area contributed by atoms with Gasteiger partial charge in [0.15, 0.2) is 0 Å². The highest BCUT2D eigenvalue weighted by Gasteiger charge is 2.24. The fourth-order valence-electron chi connectivity index (χ4n) is 0.816. The van der Waals surface area contributed by atoms with Gasteiger partial charge < -0.3 is 14.9 Å². The fourth-order valence-corrected chi connectivity index (χ4v) is 0.816. The average Bonchev–Trinajstić information content (AvgIpc) is 2.23. The van der Waals surface area contributed by atoms with E-state index < -0.39 is 24.7 Å². The predicted molar refractivity (Wildman–Crippen MR) is 54.1 cm³/mol. The second-order valence-corrected chi connectivity index (χ2v) is 2.63. The number of ether oxygens (including phenoxy) is 1. The highest BCUT2D eigenvalue weighted by atomic mass is 16.5. The Hall–Kier alpha value is -1.70. The number of carbonyl (C=O) groups excluding carboxylic acids is 1. The van der Waals surface area contributed by atoms with Crippen molar-refractivity contribution in [3.8, 4) is 0 Å². The van der Waals surface area contributed by atoms with Crippen LogP contribution in [0.3, 0.4) is 0 Å². The predicted octanol–water partition coefficient (Wildman–Crippen LogP) is -0.0379. The second-order valence-electron chi connectivity index (χ2n) is 2.63. The summed E-state index contributed by atoms with van der Waals surface area (Å²) in [5.74, 6) is -1.41. The van der Waals surface area contributed by atoms with Crippen LogP contribution in [0.15, 0.2) is 5.29 Å². The van der Waals surface area contributed by atoms with Gasteiger partial charge in [0.1, 0.15) is 12.8 Å². The summed E-state index contributed by atoms with van der Waals surface area (Å²) in [6.07, 6.45) is 0.360. The molecule has 8 heteroatoms. The van der Waals surface area contributed by atoms with Gasteiger partial charge in [0.25, 0.3) is 5.97 Å². The zero-order valence-corrected chi connectivity index (χ0v) is 9.41. The molecule has 0 radical (unpaired) electrons. The summed E-state index contributed by atoms with van der Waals surface area (Å²) in [5, 5.41) is 19.2. The first-order valence-corrected chi connectivity index (χ1v) is 4.42. The molecule has 0 bridgehead atoms. The number of aliphatic hydroxyl groups is 1. The molecule has 2 N–H and O–H groups in total. The molecule has 0 heterocycles. The highest BCUT2D eigenvalue weighted by Crippen LogP contribution is 2.05. The summed E-state index contributed by atoms with van der Waals surface area (Å²) in [7, 11) is 1.21. The van der Waals surface area contributed by atoms with Crippen LogP contribution in [-0.4, -0.2) is 47.0 Å². The van der Waals surface area contributed by atoms with E-state index in [0.717, 1.165) is 11.9 Å². The van der Waals surface area contributed by atoms with Crippen molar-refractivity contribution in [2.45, 2.75) is 26.3 Å². The number of esters is 1. The number of carboxylic acids is 1. The molecule has 0 rings (SSSR count). The van der Waals surface area contributed by atoms with E-state index in [1.54, 1.807) is 6.92 Å². The van der Waals surface area contributed by atoms with Gasteiger partial charge in [-0.05, 0) is 6.42 Å². The Labute approximate surface area is 92.7 Å². The van der Waals surface area contributed by atoms with Gasteiger partial charge in [-0.2, -0.15) is 0 Å². The Morgan fingerprint density at radius 2 is 1.94 bits per heavy atom. The maximum Gasteiger partial charge on any atom is 0.330 e. The summed E-state index contributed by atoms with van der Waals surface area (Å²) >= 11 is 0. The van der Waals surface area contributed by atoms with Crippen molar-refractivity contribution < 1.29 is 24.5 Å². The van der Waals surface area contributed by atoms with Crippen molar-refractivity contribution >= 4 is 11.9 Å². The Kier molecular flexibility index (Phi) is 10.3. The molecule has 1 atom stereocenters. The third-order valence-electron chi connectivity index (χ3n) is 1.47. The Morgan fingerprint density at radius 3 is 2.12 bits per heavy atom. The zero-order chi connectivity index (χ0) is 13.1. The van der Waals surface area contributed by atoms with Gasteiger partial charge in [0.2, 0.25) is 0 Å². The molecule has 0 spiro atoms. The fraction of sp³-hybridized carbons (Fsp3) is 0.750. The van der Waals surface area contributed by atoms with Crippen LogP contribution in [0, 0.1) is 4.91 Å². The van der Waals surface area contributed by atoms with E-state index >= 15 is 0 Å². The van der Waals surface area contributed by atoms with E-state index in [1.807, 2.05) is 0 Å². The number of hydrogen-bond acceptors (Lipinski definition) is 6. The lowest BCUT2D eigenvalue weighted by Gasteiger charge is -2.20. The molecule has 8 nitrogen and oxygen atoms in total. The lowest BCUT2D eigenvalue weighted by molar-refractivity contribution is -0.149. The summed E-state index contributed by atoms with van der Waals surface area (Å²) in [5.41, 5.74) is 0. The smallest absolute Gasteiger partial charge is 0.330 e. The van der Waals surface area contributed by atoms with Crippen LogP contribution in [-0.2, 0) is 14.3 Å². The second kappa shape index (κ2) is 9.84. The number of aliphatic hydroxyl groups excluding tert-OH is 1. The molecule has 94 valence electrons. The number of carboxylic acid groups (broad SMARTS) is 1. The first-order valence-electron chi connectivity index (χ1n) is 4.42. The molecule has 1 unspecified atom stereocenters. The zero-order valence-electron chi connectivity index (χ0n) is 9.41. The van der Waals surface area contributed by atoms with Crippen LogP contribution in [0.25, 0.3) is 0 Å². The average molecular weight is 236 g/mol. The Morgan fingerprint density at radius 1 is 1.50 bits per heavy atom. The standard InChI is InChI=1S/C6H12N2O4.C2H4O2/c1-3-5(6(10)12-2)8(4-9)7-11;1-2(3)4/h5,9H,3-4H2,1-2H3;1H3,(H,3,4). The van der Waals surface area contributed by atoms with E-state index in [-0.39, 0.29) is 0 Å². The molecule has 0 aromatic rings. The van der Waals surface area contributed by atoms with Gasteiger partial charge in [0, 0.05) is 6.92 Å². The number of methoxy groups -OCH3 is 1. The normalized spacial score (nSPS) is 10.5. The first-order chi connectivity index (χ1) is 7.44. The van der Waals surface area contributed by atoms with Crippen LogP contribution in [0.5, 0.6) is 0 Å². The molecular weight excluding hydrogens is 220 g/mol. The van der Waals surface area contributed by atoms with Crippen LogP contribution in [0.1, 0.15) is 20.3 Å². The SMILES string of the molecule is CC(=O)O.CCC(C(=O)OC)N(CO)N=O. The topological polar surface area (TPSA) is 116 Å². The van der Waals surface area contributed by atoms with Gasteiger partial charge >= 0.3 is 5.97 Å². The first kappa shape index (κ1) is 16.7. The largest absolute Gasteiger partial charge is 0.481 e. The Balaban J connectivity index is 0. The van der Waals surface area contributed by atoms with Crippen LogP contribution >= 0.6 is 0 Å². The van der Waals surface area contributed by atoms with Gasteiger partial charge in [-0.1, -0.05) is 6.92 Å². The minimum atomic E-state index is -0.833. The van der Waals surface area contributed by atoms with Crippen molar-refractivity contribution in [3.63, 3.8) is 0 Å². The summed E-state index contributed by atoms with van der Waals surface area (Å²) in [6.45, 7) is 2.19. The molecule has 0 aromatic heterocycles. The van der Waals surface area contributed by atoms with Crippen molar-refractivity contribution in [1.29, 1.82) is 0 Å². The van der Waals surface area contributed by atoms with Crippen LogP contribution < -0.4 is 0 Å². The maximum absolute atomic E-state index is 10.9. The van der Waals surface area contributed by atoms with E-state index in [0.29, 0.717) is 6.42 Å². The Bertz CT molecular complexity index is 229. The number of aliphatic carboxylic acids is 1. The van der Waals surface area contributed by atoms with E-state index in [9.17, 15) is 9.70 Å². The number of nitrogens with zero attached hydrogens (tertiary/aromatic N) is 2. The molecular formula is C8H16N2O6. The quantitative estimate of drug-likeness (QED) is 0.297. The molecule has 0 aliphatic carbocycles. The molecule has 0 amide bonds. The number of hydrogen-bond donors (Lipinski definition) is 2. The van der Waals surface area contributed by atoms with Crippen LogP contribution in [0.4, 0.5) is 0 Å². The molecule has 0 aliphatic rings. The number of carbonyl (C=O) groups is 2. The highest BCUT2D eigenvalue weighted by molar-refractivity contribution is 5.75. The molecule has 0 saturated heterocycles. The summed E-state index contributed by atoms with van der Waals surface area (Å²) in [6, 6.07) is -0.794.